The Morgan fingerprint density at radius 1 is 1.19 bits per heavy atom. The number of benzene rings is 1. The molecule has 1 aromatic carbocycles. The van der Waals surface area contributed by atoms with Gasteiger partial charge >= 0.3 is 0 Å². The molecule has 0 unspecified atom stereocenters. The molecule has 3 rings (SSSR count). The van der Waals surface area contributed by atoms with Gasteiger partial charge in [-0.05, 0) is 17.7 Å². The van der Waals surface area contributed by atoms with Gasteiger partial charge in [-0.1, -0.05) is 31.3 Å². The molecule has 1 aliphatic rings. The van der Waals surface area contributed by atoms with Crippen molar-refractivity contribution in [3.8, 4) is 11.5 Å². The van der Waals surface area contributed by atoms with Gasteiger partial charge in [-0.3, -0.25) is 0 Å². The minimum absolute atomic E-state index is 0.416. The van der Waals surface area contributed by atoms with E-state index in [1.807, 2.05) is 19.2 Å². The molecule has 2 aromatic rings. The molecule has 0 fully saturated rings. The fourth-order valence-corrected chi connectivity index (χ4v) is 2.95. The molecular weight excluding hydrogens is 286 g/mol. The van der Waals surface area contributed by atoms with Crippen molar-refractivity contribution >= 4 is 16.5 Å². The predicted octanol–water partition coefficient (Wildman–Crippen LogP) is 3.07. The standard InChI is InChI=1S/C15H19N3O2S/c1-10(2)14-16-17-15(21-14)18(3)9-11-4-5-12-13(8-11)20-7-6-19-12/h4-5,8,10H,6-7,9H2,1-3H3. The number of anilines is 1. The van der Waals surface area contributed by atoms with Crippen molar-refractivity contribution in [2.45, 2.75) is 26.3 Å². The van der Waals surface area contributed by atoms with E-state index in [9.17, 15) is 0 Å². The normalized spacial score (nSPS) is 13.5. The van der Waals surface area contributed by atoms with E-state index in [1.165, 1.54) is 5.56 Å². The van der Waals surface area contributed by atoms with Crippen LogP contribution in [0, 0.1) is 0 Å². The molecule has 0 radical (unpaired) electrons. The lowest BCUT2D eigenvalue weighted by Gasteiger charge is -2.20. The third kappa shape index (κ3) is 3.10. The van der Waals surface area contributed by atoms with Crippen LogP contribution in [0.5, 0.6) is 11.5 Å². The first-order chi connectivity index (χ1) is 10.1. The minimum atomic E-state index is 0.416. The van der Waals surface area contributed by atoms with Crippen molar-refractivity contribution in [2.24, 2.45) is 0 Å². The quantitative estimate of drug-likeness (QED) is 0.869. The molecular formula is C15H19N3O2S. The zero-order valence-electron chi connectivity index (χ0n) is 12.5. The van der Waals surface area contributed by atoms with Crippen LogP contribution in [0.3, 0.4) is 0 Å². The van der Waals surface area contributed by atoms with Gasteiger partial charge in [0.15, 0.2) is 11.5 Å². The number of aromatic nitrogens is 2. The Kier molecular flexibility index (Phi) is 3.96. The van der Waals surface area contributed by atoms with Crippen LogP contribution < -0.4 is 14.4 Å². The van der Waals surface area contributed by atoms with E-state index >= 15 is 0 Å². The number of hydrogen-bond donors (Lipinski definition) is 0. The summed E-state index contributed by atoms with van der Waals surface area (Å²) in [5.74, 6) is 2.07. The first-order valence-corrected chi connectivity index (χ1v) is 7.88. The largest absolute Gasteiger partial charge is 0.486 e. The first-order valence-electron chi connectivity index (χ1n) is 7.06. The molecule has 6 heteroatoms. The van der Waals surface area contributed by atoms with E-state index < -0.39 is 0 Å². The molecule has 0 saturated heterocycles. The second kappa shape index (κ2) is 5.89. The van der Waals surface area contributed by atoms with Gasteiger partial charge in [0.1, 0.15) is 18.2 Å². The Morgan fingerprint density at radius 3 is 2.67 bits per heavy atom. The van der Waals surface area contributed by atoms with Crippen LogP contribution in [-0.2, 0) is 6.54 Å². The second-order valence-electron chi connectivity index (χ2n) is 5.41. The molecule has 0 amide bonds. The third-order valence-corrected chi connectivity index (χ3v) is 4.61. The second-order valence-corrected chi connectivity index (χ2v) is 6.40. The minimum Gasteiger partial charge on any atom is -0.486 e. The highest BCUT2D eigenvalue weighted by molar-refractivity contribution is 7.15. The maximum absolute atomic E-state index is 5.62. The number of nitrogens with zero attached hydrogens (tertiary/aromatic N) is 3. The van der Waals surface area contributed by atoms with Crippen molar-refractivity contribution in [1.82, 2.24) is 10.2 Å². The summed E-state index contributed by atoms with van der Waals surface area (Å²) in [6.07, 6.45) is 0. The van der Waals surface area contributed by atoms with E-state index in [1.54, 1.807) is 11.3 Å². The number of fused-ring (bicyclic) bond motifs is 1. The summed E-state index contributed by atoms with van der Waals surface area (Å²) in [6.45, 7) is 6.26. The Morgan fingerprint density at radius 2 is 1.95 bits per heavy atom. The average Bonchev–Trinajstić information content (AvgIpc) is 2.97. The van der Waals surface area contributed by atoms with Gasteiger partial charge in [0.2, 0.25) is 5.13 Å². The Bertz CT molecular complexity index is 627. The van der Waals surface area contributed by atoms with Crippen molar-refractivity contribution in [3.05, 3.63) is 28.8 Å². The fraction of sp³-hybridized carbons (Fsp3) is 0.467. The number of hydrogen-bond acceptors (Lipinski definition) is 6. The monoisotopic (exact) mass is 305 g/mol. The maximum Gasteiger partial charge on any atom is 0.208 e. The van der Waals surface area contributed by atoms with Gasteiger partial charge in [-0.25, -0.2) is 0 Å². The van der Waals surface area contributed by atoms with Gasteiger partial charge in [-0.15, -0.1) is 10.2 Å². The molecule has 0 aliphatic carbocycles. The van der Waals surface area contributed by atoms with E-state index in [0.29, 0.717) is 19.1 Å². The van der Waals surface area contributed by atoms with Crippen LogP contribution >= 0.6 is 11.3 Å². The molecule has 0 N–H and O–H groups in total. The molecule has 112 valence electrons. The summed E-state index contributed by atoms with van der Waals surface area (Å²) in [5.41, 5.74) is 1.17. The van der Waals surface area contributed by atoms with Gasteiger partial charge in [0.25, 0.3) is 0 Å². The topological polar surface area (TPSA) is 47.5 Å². The molecule has 0 bridgehead atoms. The lowest BCUT2D eigenvalue weighted by atomic mass is 10.2. The Balaban J connectivity index is 1.73. The zero-order valence-corrected chi connectivity index (χ0v) is 13.3. The fourth-order valence-electron chi connectivity index (χ4n) is 2.14. The summed E-state index contributed by atoms with van der Waals surface area (Å²) in [7, 11) is 2.03. The molecule has 0 atom stereocenters. The maximum atomic E-state index is 5.62. The van der Waals surface area contributed by atoms with Gasteiger partial charge in [0, 0.05) is 19.5 Å². The Hall–Kier alpha value is -1.82. The molecule has 1 aliphatic heterocycles. The SMILES string of the molecule is CC(C)c1nnc(N(C)Cc2ccc3c(c2)OCCO3)s1. The third-order valence-electron chi connectivity index (χ3n) is 3.28. The number of ether oxygens (including phenoxy) is 2. The predicted molar refractivity (Wildman–Crippen MR) is 83.5 cm³/mol. The molecule has 1 aromatic heterocycles. The summed E-state index contributed by atoms with van der Waals surface area (Å²) < 4.78 is 11.2. The van der Waals surface area contributed by atoms with Gasteiger partial charge < -0.3 is 14.4 Å². The van der Waals surface area contributed by atoms with Crippen molar-refractivity contribution in [3.63, 3.8) is 0 Å². The average molecular weight is 305 g/mol. The van der Waals surface area contributed by atoms with Crippen LogP contribution in [0.2, 0.25) is 0 Å². The molecule has 0 spiro atoms. The van der Waals surface area contributed by atoms with E-state index in [-0.39, 0.29) is 0 Å². The van der Waals surface area contributed by atoms with Crippen LogP contribution in [0.1, 0.15) is 30.3 Å². The van der Waals surface area contributed by atoms with Crippen molar-refractivity contribution in [2.75, 3.05) is 25.2 Å². The number of rotatable bonds is 4. The summed E-state index contributed by atoms with van der Waals surface area (Å²) >= 11 is 1.64. The lowest BCUT2D eigenvalue weighted by Crippen LogP contribution is -2.18. The van der Waals surface area contributed by atoms with Crippen molar-refractivity contribution < 1.29 is 9.47 Å². The van der Waals surface area contributed by atoms with E-state index in [0.717, 1.165) is 28.2 Å². The highest BCUT2D eigenvalue weighted by Crippen LogP contribution is 2.32. The summed E-state index contributed by atoms with van der Waals surface area (Å²) in [4.78, 5) is 2.11. The molecule has 21 heavy (non-hydrogen) atoms. The van der Waals surface area contributed by atoms with E-state index in [2.05, 4.69) is 35.0 Å². The van der Waals surface area contributed by atoms with Crippen LogP contribution in [0.4, 0.5) is 5.13 Å². The highest BCUT2D eigenvalue weighted by Gasteiger charge is 2.14. The van der Waals surface area contributed by atoms with Crippen molar-refractivity contribution in [1.29, 1.82) is 0 Å². The summed E-state index contributed by atoms with van der Waals surface area (Å²) in [5, 5.41) is 10.5. The molecule has 2 heterocycles. The summed E-state index contributed by atoms with van der Waals surface area (Å²) in [6, 6.07) is 6.07. The Labute approximate surface area is 128 Å². The smallest absolute Gasteiger partial charge is 0.208 e. The molecule has 5 nitrogen and oxygen atoms in total. The lowest BCUT2D eigenvalue weighted by molar-refractivity contribution is 0.171. The molecule has 0 saturated carbocycles. The first kappa shape index (κ1) is 14.1. The highest BCUT2D eigenvalue weighted by atomic mass is 32.1. The van der Waals surface area contributed by atoms with Crippen LogP contribution in [-0.4, -0.2) is 30.5 Å². The van der Waals surface area contributed by atoms with Crippen LogP contribution in [0.25, 0.3) is 0 Å². The van der Waals surface area contributed by atoms with Gasteiger partial charge in [-0.2, -0.15) is 0 Å². The van der Waals surface area contributed by atoms with E-state index in [4.69, 9.17) is 9.47 Å². The van der Waals surface area contributed by atoms with Crippen LogP contribution in [0.15, 0.2) is 18.2 Å². The van der Waals surface area contributed by atoms with Gasteiger partial charge in [0.05, 0.1) is 0 Å². The zero-order chi connectivity index (χ0) is 14.8.